The lowest BCUT2D eigenvalue weighted by molar-refractivity contribution is -0.140. The molecule has 0 amide bonds. The molecule has 7 nitrogen and oxygen atoms in total. The number of hydrogen-bond donors (Lipinski definition) is 0. The van der Waals surface area contributed by atoms with Gasteiger partial charge in [0.05, 0.1) is 44.5 Å². The molecule has 1 aliphatic rings. The molecule has 2 rings (SSSR count). The van der Waals surface area contributed by atoms with Crippen molar-refractivity contribution in [1.82, 2.24) is 4.90 Å². The van der Waals surface area contributed by atoms with Crippen molar-refractivity contribution in [3.05, 3.63) is 46.3 Å². The maximum atomic E-state index is 13.1. The summed E-state index contributed by atoms with van der Waals surface area (Å²) in [5.74, 6) is -0.467. The molecule has 1 aliphatic heterocycles. The first-order valence-electron chi connectivity index (χ1n) is 10.5. The van der Waals surface area contributed by atoms with Gasteiger partial charge in [0, 0.05) is 18.4 Å². The lowest BCUT2D eigenvalue weighted by Gasteiger charge is -2.36. The number of methoxy groups -OCH3 is 2. The van der Waals surface area contributed by atoms with Gasteiger partial charge in [0.2, 0.25) is 0 Å². The third-order valence-electron chi connectivity index (χ3n) is 5.42. The van der Waals surface area contributed by atoms with Crippen LogP contribution in [0.2, 0.25) is 0 Å². The molecule has 1 aromatic rings. The fourth-order valence-electron chi connectivity index (χ4n) is 3.62. The molecule has 31 heavy (non-hydrogen) atoms. The van der Waals surface area contributed by atoms with Crippen LogP contribution < -0.4 is 9.47 Å². The van der Waals surface area contributed by atoms with Gasteiger partial charge in [0.15, 0.2) is 11.5 Å². The van der Waals surface area contributed by atoms with Crippen molar-refractivity contribution >= 4 is 11.9 Å². The first-order valence-corrected chi connectivity index (χ1v) is 10.5. The lowest BCUT2D eigenvalue weighted by Crippen LogP contribution is -2.33. The van der Waals surface area contributed by atoms with Crippen LogP contribution in [0.3, 0.4) is 0 Å². The van der Waals surface area contributed by atoms with Gasteiger partial charge in [0.25, 0.3) is 0 Å². The standard InChI is InChI=1S/C24H33NO6/c1-8-12-30-23(26)20-15(3)25(5)16(4)21(24(27)31-13-9-2)22(20)17-10-11-18(28-6)19(14-17)29-7/h10-11,14,22H,8-9,12-13H2,1-7H3. The van der Waals surface area contributed by atoms with Gasteiger partial charge in [-0.25, -0.2) is 9.59 Å². The highest BCUT2D eigenvalue weighted by Gasteiger charge is 2.40. The minimum atomic E-state index is -0.648. The van der Waals surface area contributed by atoms with Crippen LogP contribution in [0, 0.1) is 0 Å². The van der Waals surface area contributed by atoms with E-state index in [-0.39, 0.29) is 0 Å². The summed E-state index contributed by atoms with van der Waals surface area (Å²) in [5, 5.41) is 0. The van der Waals surface area contributed by atoms with Crippen molar-refractivity contribution in [3.63, 3.8) is 0 Å². The van der Waals surface area contributed by atoms with Crippen LogP contribution in [-0.4, -0.2) is 51.3 Å². The predicted molar refractivity (Wildman–Crippen MR) is 118 cm³/mol. The van der Waals surface area contributed by atoms with Gasteiger partial charge >= 0.3 is 11.9 Å². The molecule has 0 fully saturated rings. The smallest absolute Gasteiger partial charge is 0.336 e. The Morgan fingerprint density at radius 2 is 1.35 bits per heavy atom. The first-order chi connectivity index (χ1) is 14.8. The number of allylic oxidation sites excluding steroid dienone is 2. The van der Waals surface area contributed by atoms with Crippen molar-refractivity contribution in [2.24, 2.45) is 0 Å². The van der Waals surface area contributed by atoms with E-state index in [0.717, 1.165) is 17.0 Å². The quantitative estimate of drug-likeness (QED) is 0.543. The predicted octanol–water partition coefficient (Wildman–Crippen LogP) is 4.19. The van der Waals surface area contributed by atoms with Gasteiger partial charge in [-0.1, -0.05) is 19.9 Å². The molecule has 0 saturated carbocycles. The highest BCUT2D eigenvalue weighted by atomic mass is 16.5. The summed E-state index contributed by atoms with van der Waals surface area (Å²) in [6.45, 7) is 8.18. The molecule has 1 aromatic carbocycles. The number of hydrogen-bond acceptors (Lipinski definition) is 7. The molecule has 0 bridgehead atoms. The molecule has 0 unspecified atom stereocenters. The second-order valence-electron chi connectivity index (χ2n) is 7.38. The molecule has 0 N–H and O–H groups in total. The van der Waals surface area contributed by atoms with E-state index in [1.54, 1.807) is 26.4 Å². The van der Waals surface area contributed by atoms with Crippen LogP contribution >= 0.6 is 0 Å². The summed E-state index contributed by atoms with van der Waals surface area (Å²) in [5.41, 5.74) is 3.00. The molecule has 170 valence electrons. The molecule has 0 aromatic heterocycles. The molecule has 0 aliphatic carbocycles. The van der Waals surface area contributed by atoms with Crippen molar-refractivity contribution in [2.75, 3.05) is 34.5 Å². The zero-order valence-electron chi connectivity index (χ0n) is 19.5. The van der Waals surface area contributed by atoms with Crippen molar-refractivity contribution in [1.29, 1.82) is 0 Å². The van der Waals surface area contributed by atoms with E-state index in [9.17, 15) is 9.59 Å². The Kier molecular flexibility index (Phi) is 8.54. The molecule has 7 heteroatoms. The lowest BCUT2D eigenvalue weighted by atomic mass is 9.79. The van der Waals surface area contributed by atoms with E-state index in [1.165, 1.54) is 0 Å². The number of esters is 2. The van der Waals surface area contributed by atoms with Gasteiger partial charge in [-0.05, 0) is 44.4 Å². The van der Waals surface area contributed by atoms with Crippen LogP contribution in [0.5, 0.6) is 11.5 Å². The highest BCUT2D eigenvalue weighted by Crippen LogP contribution is 2.44. The third kappa shape index (κ3) is 5.03. The Bertz CT molecular complexity index is 842. The largest absolute Gasteiger partial charge is 0.493 e. The van der Waals surface area contributed by atoms with Gasteiger partial charge in [-0.2, -0.15) is 0 Å². The first kappa shape index (κ1) is 24.3. The maximum Gasteiger partial charge on any atom is 0.336 e. The molecule has 1 heterocycles. The van der Waals surface area contributed by atoms with Crippen LogP contribution in [-0.2, 0) is 19.1 Å². The molecule has 0 atom stereocenters. The van der Waals surface area contributed by atoms with E-state index >= 15 is 0 Å². The summed E-state index contributed by atoms with van der Waals surface area (Å²) in [6.07, 6.45) is 1.41. The summed E-state index contributed by atoms with van der Waals surface area (Å²) in [6, 6.07) is 5.38. The van der Waals surface area contributed by atoms with Crippen LogP contribution in [0.1, 0.15) is 52.0 Å². The fourth-order valence-corrected chi connectivity index (χ4v) is 3.62. The average Bonchev–Trinajstić information content (AvgIpc) is 2.78. The van der Waals surface area contributed by atoms with Gasteiger partial charge in [-0.3, -0.25) is 0 Å². The number of benzene rings is 1. The van der Waals surface area contributed by atoms with Crippen molar-refractivity contribution < 1.29 is 28.5 Å². The van der Waals surface area contributed by atoms with Gasteiger partial charge < -0.3 is 23.8 Å². The average molecular weight is 432 g/mol. The van der Waals surface area contributed by atoms with E-state index in [0.29, 0.717) is 48.7 Å². The Labute approximate surface area is 184 Å². The Balaban J connectivity index is 2.71. The van der Waals surface area contributed by atoms with Crippen molar-refractivity contribution in [3.8, 4) is 11.5 Å². The van der Waals surface area contributed by atoms with Crippen molar-refractivity contribution in [2.45, 2.75) is 46.5 Å². The highest BCUT2D eigenvalue weighted by molar-refractivity contribution is 6.00. The van der Waals surface area contributed by atoms with Crippen LogP contribution in [0.15, 0.2) is 40.7 Å². The van der Waals surface area contributed by atoms with Crippen LogP contribution in [0.25, 0.3) is 0 Å². The molecular weight excluding hydrogens is 398 g/mol. The van der Waals surface area contributed by atoms with Gasteiger partial charge in [0.1, 0.15) is 0 Å². The zero-order chi connectivity index (χ0) is 23.1. The number of carbonyl (C=O) groups excluding carboxylic acids is 2. The summed E-state index contributed by atoms with van der Waals surface area (Å²) in [4.78, 5) is 28.1. The molecule has 0 radical (unpaired) electrons. The SMILES string of the molecule is CCCOC(=O)C1=C(C)N(C)C(C)=C(C(=O)OCCC)C1c1ccc(OC)c(OC)c1. The number of carbonyl (C=O) groups is 2. The maximum absolute atomic E-state index is 13.1. The Hall–Kier alpha value is -2.96. The molecule has 0 spiro atoms. The van der Waals surface area contributed by atoms with Crippen LogP contribution in [0.4, 0.5) is 0 Å². The number of nitrogens with zero attached hydrogens (tertiary/aromatic N) is 1. The minimum Gasteiger partial charge on any atom is -0.493 e. The zero-order valence-corrected chi connectivity index (χ0v) is 19.5. The number of rotatable bonds is 9. The second-order valence-corrected chi connectivity index (χ2v) is 7.38. The van der Waals surface area contributed by atoms with Gasteiger partial charge in [-0.15, -0.1) is 0 Å². The van der Waals surface area contributed by atoms with E-state index < -0.39 is 17.9 Å². The summed E-state index contributed by atoms with van der Waals surface area (Å²) < 4.78 is 21.8. The fraction of sp³-hybridized carbons (Fsp3) is 0.500. The Morgan fingerprint density at radius 3 is 1.77 bits per heavy atom. The minimum absolute atomic E-state index is 0.302. The molecular formula is C24H33NO6. The van der Waals surface area contributed by atoms with E-state index in [2.05, 4.69) is 0 Å². The van der Waals surface area contributed by atoms with E-state index in [1.807, 2.05) is 45.7 Å². The topological polar surface area (TPSA) is 74.3 Å². The summed E-state index contributed by atoms with van der Waals surface area (Å²) in [7, 11) is 4.93. The Morgan fingerprint density at radius 1 is 0.871 bits per heavy atom. The normalized spacial score (nSPS) is 14.6. The third-order valence-corrected chi connectivity index (χ3v) is 5.42. The second kappa shape index (κ2) is 10.9. The van der Waals surface area contributed by atoms with E-state index in [4.69, 9.17) is 18.9 Å². The summed E-state index contributed by atoms with van der Waals surface area (Å²) >= 11 is 0. The molecule has 0 saturated heterocycles. The monoisotopic (exact) mass is 431 g/mol. The number of ether oxygens (including phenoxy) is 4.